The number of hydrogen-bond acceptors (Lipinski definition) is 3. The Hall–Kier alpha value is -3.81. The number of ether oxygens (including phenoxy) is 1. The molecule has 176 valence electrons. The maximum Gasteiger partial charge on any atom is 0.416 e. The van der Waals surface area contributed by atoms with Crippen molar-refractivity contribution in [2.24, 2.45) is 7.05 Å². The number of halogens is 3. The number of carboxylic acids is 1. The van der Waals surface area contributed by atoms with Gasteiger partial charge >= 0.3 is 12.1 Å². The van der Waals surface area contributed by atoms with Gasteiger partial charge in [-0.25, -0.2) is 0 Å². The third kappa shape index (κ3) is 4.90. The number of alkyl halides is 3. The van der Waals surface area contributed by atoms with E-state index in [1.807, 2.05) is 31.3 Å². The van der Waals surface area contributed by atoms with Crippen LogP contribution in [0.3, 0.4) is 0 Å². The summed E-state index contributed by atoms with van der Waals surface area (Å²) in [6.07, 6.45) is -3.34. The Bertz CT molecular complexity index is 1340. The van der Waals surface area contributed by atoms with Crippen molar-refractivity contribution in [2.45, 2.75) is 32.0 Å². The van der Waals surface area contributed by atoms with Gasteiger partial charge in [-0.3, -0.25) is 9.48 Å². The molecule has 34 heavy (non-hydrogen) atoms. The molecule has 0 bridgehead atoms. The van der Waals surface area contributed by atoms with Crippen LogP contribution in [-0.2, 0) is 24.4 Å². The van der Waals surface area contributed by atoms with Crippen molar-refractivity contribution in [3.05, 3.63) is 83.6 Å². The summed E-state index contributed by atoms with van der Waals surface area (Å²) in [4.78, 5) is 11.0. The summed E-state index contributed by atoms with van der Waals surface area (Å²) in [7, 11) is 1.84. The molecule has 0 amide bonds. The maximum atomic E-state index is 13.5. The van der Waals surface area contributed by atoms with Crippen LogP contribution < -0.4 is 4.74 Å². The molecule has 0 radical (unpaired) electrons. The van der Waals surface area contributed by atoms with E-state index in [4.69, 9.17) is 9.84 Å². The van der Waals surface area contributed by atoms with Crippen LogP contribution in [0.2, 0.25) is 0 Å². The van der Waals surface area contributed by atoms with Crippen LogP contribution in [0.1, 0.15) is 36.1 Å². The van der Waals surface area contributed by atoms with Crippen LogP contribution in [0.15, 0.2) is 66.9 Å². The van der Waals surface area contributed by atoms with E-state index in [0.29, 0.717) is 17.7 Å². The van der Waals surface area contributed by atoms with Crippen molar-refractivity contribution < 1.29 is 27.8 Å². The standard InChI is InChI=1S/C26H23F3N2O3/c1-16(20-5-3-4-6-22(20)26(27,28)29)34-24-11-7-17(8-12-25(32)33)13-21(24)18-9-10-23-19(14-18)15-30-31(23)2/h3-7,9-11,13-16H,8,12H2,1-2H3,(H,32,33). The molecule has 0 saturated carbocycles. The summed E-state index contributed by atoms with van der Waals surface area (Å²) >= 11 is 0. The molecular formula is C26H23F3N2O3. The van der Waals surface area contributed by atoms with E-state index < -0.39 is 23.8 Å². The van der Waals surface area contributed by atoms with E-state index in [-0.39, 0.29) is 12.0 Å². The van der Waals surface area contributed by atoms with Crippen molar-refractivity contribution in [3.8, 4) is 16.9 Å². The van der Waals surface area contributed by atoms with Crippen molar-refractivity contribution in [1.82, 2.24) is 9.78 Å². The number of rotatable bonds is 7. The smallest absolute Gasteiger partial charge is 0.416 e. The number of carbonyl (C=O) groups is 1. The summed E-state index contributed by atoms with van der Waals surface area (Å²) < 4.78 is 48.4. The summed E-state index contributed by atoms with van der Waals surface area (Å²) in [5.74, 6) is -0.497. The zero-order valence-corrected chi connectivity index (χ0v) is 18.6. The summed E-state index contributed by atoms with van der Waals surface area (Å²) in [5, 5.41) is 14.2. The highest BCUT2D eigenvalue weighted by atomic mass is 19.4. The third-order valence-corrected chi connectivity index (χ3v) is 5.74. The molecule has 0 spiro atoms. The Morgan fingerprint density at radius 1 is 1.12 bits per heavy atom. The molecule has 1 aromatic heterocycles. The number of fused-ring (bicyclic) bond motifs is 1. The van der Waals surface area contributed by atoms with E-state index in [9.17, 15) is 18.0 Å². The van der Waals surface area contributed by atoms with Gasteiger partial charge in [-0.1, -0.05) is 30.3 Å². The molecule has 3 aromatic carbocycles. The Morgan fingerprint density at radius 3 is 2.62 bits per heavy atom. The fourth-order valence-corrected chi connectivity index (χ4v) is 4.01. The Labute approximate surface area is 194 Å². The Morgan fingerprint density at radius 2 is 1.88 bits per heavy atom. The van der Waals surface area contributed by atoms with Gasteiger partial charge in [0.25, 0.3) is 0 Å². The molecule has 1 N–H and O–H groups in total. The minimum Gasteiger partial charge on any atom is -0.485 e. The molecular weight excluding hydrogens is 445 g/mol. The fourth-order valence-electron chi connectivity index (χ4n) is 4.01. The van der Waals surface area contributed by atoms with Gasteiger partial charge in [0.15, 0.2) is 0 Å². The van der Waals surface area contributed by atoms with E-state index in [2.05, 4.69) is 5.10 Å². The highest BCUT2D eigenvalue weighted by molar-refractivity contribution is 5.86. The highest BCUT2D eigenvalue weighted by Crippen LogP contribution is 2.39. The van der Waals surface area contributed by atoms with Crippen molar-refractivity contribution in [3.63, 3.8) is 0 Å². The second kappa shape index (κ2) is 9.21. The lowest BCUT2D eigenvalue weighted by molar-refractivity contribution is -0.139. The number of aryl methyl sites for hydroxylation is 2. The van der Waals surface area contributed by atoms with Gasteiger partial charge in [-0.05, 0) is 54.8 Å². The van der Waals surface area contributed by atoms with Crippen LogP contribution in [0.4, 0.5) is 13.2 Å². The lowest BCUT2D eigenvalue weighted by Gasteiger charge is -2.22. The predicted molar refractivity (Wildman–Crippen MR) is 123 cm³/mol. The van der Waals surface area contributed by atoms with Crippen molar-refractivity contribution in [1.29, 1.82) is 0 Å². The monoisotopic (exact) mass is 468 g/mol. The van der Waals surface area contributed by atoms with Crippen LogP contribution in [0.25, 0.3) is 22.0 Å². The summed E-state index contributed by atoms with van der Waals surface area (Å²) in [5.41, 5.74) is 2.49. The minimum absolute atomic E-state index is 0.0311. The normalized spacial score (nSPS) is 12.6. The van der Waals surface area contributed by atoms with Gasteiger partial charge in [0.2, 0.25) is 0 Å². The van der Waals surface area contributed by atoms with Crippen LogP contribution in [0.5, 0.6) is 5.75 Å². The lowest BCUT2D eigenvalue weighted by atomic mass is 9.98. The quantitative estimate of drug-likeness (QED) is 0.340. The van der Waals surface area contributed by atoms with Crippen molar-refractivity contribution >= 4 is 16.9 Å². The van der Waals surface area contributed by atoms with Crippen LogP contribution >= 0.6 is 0 Å². The predicted octanol–water partition coefficient (Wildman–Crippen LogP) is 6.42. The second-order valence-electron chi connectivity index (χ2n) is 8.11. The molecule has 1 unspecified atom stereocenters. The summed E-state index contributed by atoms with van der Waals surface area (Å²) in [6.45, 7) is 1.58. The zero-order chi connectivity index (χ0) is 24.5. The molecule has 1 heterocycles. The largest absolute Gasteiger partial charge is 0.485 e. The van der Waals surface area contributed by atoms with Gasteiger partial charge in [-0.15, -0.1) is 0 Å². The third-order valence-electron chi connectivity index (χ3n) is 5.74. The van der Waals surface area contributed by atoms with Crippen LogP contribution in [0, 0.1) is 0 Å². The SMILES string of the molecule is CC(Oc1ccc(CCC(=O)O)cc1-c1ccc2c(cnn2C)c1)c1ccccc1C(F)(F)F. The zero-order valence-electron chi connectivity index (χ0n) is 18.6. The number of nitrogens with zero attached hydrogens (tertiary/aromatic N) is 2. The van der Waals surface area contributed by atoms with E-state index >= 15 is 0 Å². The van der Waals surface area contributed by atoms with E-state index in [1.54, 1.807) is 36.0 Å². The summed E-state index contributed by atoms with van der Waals surface area (Å²) in [6, 6.07) is 16.4. The van der Waals surface area contributed by atoms with E-state index in [1.165, 1.54) is 12.1 Å². The number of carboxylic acid groups (broad SMARTS) is 1. The number of benzene rings is 3. The Balaban J connectivity index is 1.75. The molecule has 8 heteroatoms. The first kappa shape index (κ1) is 23.4. The number of hydrogen-bond donors (Lipinski definition) is 1. The molecule has 0 aliphatic heterocycles. The molecule has 4 rings (SSSR count). The molecule has 0 aliphatic carbocycles. The molecule has 0 saturated heterocycles. The minimum atomic E-state index is -4.50. The number of aromatic nitrogens is 2. The van der Waals surface area contributed by atoms with Gasteiger partial charge in [0.1, 0.15) is 11.9 Å². The van der Waals surface area contributed by atoms with Gasteiger partial charge < -0.3 is 9.84 Å². The molecule has 5 nitrogen and oxygen atoms in total. The van der Waals surface area contributed by atoms with Gasteiger partial charge in [0, 0.05) is 30.0 Å². The first-order chi connectivity index (χ1) is 16.1. The molecule has 0 fully saturated rings. The second-order valence-corrected chi connectivity index (χ2v) is 8.11. The Kier molecular flexibility index (Phi) is 6.32. The van der Waals surface area contributed by atoms with Gasteiger partial charge in [0.05, 0.1) is 17.3 Å². The maximum absolute atomic E-state index is 13.5. The first-order valence-electron chi connectivity index (χ1n) is 10.7. The molecule has 4 aromatic rings. The molecule has 1 atom stereocenters. The molecule has 0 aliphatic rings. The average Bonchev–Trinajstić information content (AvgIpc) is 3.17. The average molecular weight is 468 g/mol. The first-order valence-corrected chi connectivity index (χ1v) is 10.7. The topological polar surface area (TPSA) is 64.3 Å². The highest BCUT2D eigenvalue weighted by Gasteiger charge is 2.34. The lowest BCUT2D eigenvalue weighted by Crippen LogP contribution is -2.14. The number of aliphatic carboxylic acids is 1. The van der Waals surface area contributed by atoms with Gasteiger partial charge in [-0.2, -0.15) is 18.3 Å². The van der Waals surface area contributed by atoms with Crippen molar-refractivity contribution in [2.75, 3.05) is 0 Å². The van der Waals surface area contributed by atoms with E-state index in [0.717, 1.165) is 28.1 Å². The fraction of sp³-hybridized carbons (Fsp3) is 0.231. The van der Waals surface area contributed by atoms with Crippen LogP contribution in [-0.4, -0.2) is 20.9 Å².